The van der Waals surface area contributed by atoms with Crippen molar-refractivity contribution in [3.8, 4) is 0 Å². The molecule has 1 rings (SSSR count). The van der Waals surface area contributed by atoms with Gasteiger partial charge in [-0.1, -0.05) is 6.92 Å². The molecule has 1 saturated heterocycles. The standard InChI is InChI=1S/C7H15IN2O2S/c1-2-7-13(11,12)10-5-3-9(8)4-6-10/h2-7H2,1H3. The van der Waals surface area contributed by atoms with Crippen LogP contribution < -0.4 is 0 Å². The third-order valence-corrected chi connectivity index (χ3v) is 5.08. The molecule has 13 heavy (non-hydrogen) atoms. The Balaban J connectivity index is 2.53. The van der Waals surface area contributed by atoms with E-state index in [4.69, 9.17) is 0 Å². The minimum absolute atomic E-state index is 0.286. The molecule has 0 spiro atoms. The lowest BCUT2D eigenvalue weighted by molar-refractivity contribution is 0.304. The van der Waals surface area contributed by atoms with Crippen LogP contribution in [-0.2, 0) is 10.0 Å². The number of hydrogen-bond donors (Lipinski definition) is 0. The SMILES string of the molecule is CCCS(=O)(=O)N1CCN(I)CC1. The topological polar surface area (TPSA) is 40.6 Å². The van der Waals surface area contributed by atoms with Gasteiger partial charge >= 0.3 is 0 Å². The summed E-state index contributed by atoms with van der Waals surface area (Å²) < 4.78 is 26.9. The van der Waals surface area contributed by atoms with Crippen LogP contribution in [0.4, 0.5) is 0 Å². The average Bonchev–Trinajstić information content (AvgIpc) is 2.05. The zero-order valence-electron chi connectivity index (χ0n) is 7.74. The summed E-state index contributed by atoms with van der Waals surface area (Å²) in [5, 5.41) is 0. The van der Waals surface area contributed by atoms with E-state index in [1.54, 1.807) is 4.31 Å². The van der Waals surface area contributed by atoms with Gasteiger partial charge in [0.1, 0.15) is 0 Å². The van der Waals surface area contributed by atoms with E-state index in [0.29, 0.717) is 19.5 Å². The quantitative estimate of drug-likeness (QED) is 0.568. The van der Waals surface area contributed by atoms with Crippen LogP contribution in [0, 0.1) is 0 Å². The van der Waals surface area contributed by atoms with Gasteiger partial charge < -0.3 is 0 Å². The van der Waals surface area contributed by atoms with E-state index in [1.165, 1.54) is 0 Å². The molecule has 0 aromatic carbocycles. The zero-order valence-corrected chi connectivity index (χ0v) is 10.7. The Kier molecular flexibility index (Phi) is 4.40. The van der Waals surface area contributed by atoms with Crippen molar-refractivity contribution in [1.82, 2.24) is 7.42 Å². The third kappa shape index (κ3) is 3.34. The molecule has 4 nitrogen and oxygen atoms in total. The van der Waals surface area contributed by atoms with Crippen molar-refractivity contribution in [1.29, 1.82) is 0 Å². The normalized spacial score (nSPS) is 22.0. The molecule has 1 fully saturated rings. The average molecular weight is 318 g/mol. The van der Waals surface area contributed by atoms with E-state index in [9.17, 15) is 8.42 Å². The molecule has 0 unspecified atom stereocenters. The fraction of sp³-hybridized carbons (Fsp3) is 1.00. The number of nitrogens with zero attached hydrogens (tertiary/aromatic N) is 2. The van der Waals surface area contributed by atoms with Crippen molar-refractivity contribution < 1.29 is 8.42 Å². The summed E-state index contributed by atoms with van der Waals surface area (Å²) in [6, 6.07) is 0. The van der Waals surface area contributed by atoms with Gasteiger partial charge in [0, 0.05) is 49.0 Å². The molecule has 1 aliphatic heterocycles. The first-order valence-corrected chi connectivity index (χ1v) is 7.02. The summed E-state index contributed by atoms with van der Waals surface area (Å²) in [5.41, 5.74) is 0. The van der Waals surface area contributed by atoms with Crippen molar-refractivity contribution in [3.05, 3.63) is 0 Å². The number of rotatable bonds is 3. The first-order chi connectivity index (χ1) is 6.06. The molecular weight excluding hydrogens is 303 g/mol. The van der Waals surface area contributed by atoms with Gasteiger partial charge in [-0.25, -0.2) is 11.5 Å². The first kappa shape index (κ1) is 11.7. The fourth-order valence-electron chi connectivity index (χ4n) is 1.33. The van der Waals surface area contributed by atoms with E-state index >= 15 is 0 Å². The van der Waals surface area contributed by atoms with Crippen molar-refractivity contribution in [2.75, 3.05) is 31.9 Å². The number of piperazine rings is 1. The Morgan fingerprint density at radius 3 is 2.23 bits per heavy atom. The minimum Gasteiger partial charge on any atom is -0.245 e. The highest BCUT2D eigenvalue weighted by atomic mass is 127. The number of hydrogen-bond acceptors (Lipinski definition) is 3. The van der Waals surface area contributed by atoms with Crippen LogP contribution in [0.15, 0.2) is 0 Å². The number of sulfonamides is 1. The molecule has 0 N–H and O–H groups in total. The van der Waals surface area contributed by atoms with E-state index < -0.39 is 10.0 Å². The first-order valence-electron chi connectivity index (χ1n) is 4.45. The Labute approximate surface area is 93.8 Å². The van der Waals surface area contributed by atoms with E-state index in [-0.39, 0.29) is 5.75 Å². The maximum Gasteiger partial charge on any atom is 0.214 e. The van der Waals surface area contributed by atoms with Gasteiger partial charge in [-0.3, -0.25) is 0 Å². The van der Waals surface area contributed by atoms with Crippen molar-refractivity contribution in [3.63, 3.8) is 0 Å². The maximum atomic E-state index is 11.6. The lowest BCUT2D eigenvalue weighted by Gasteiger charge is -2.30. The van der Waals surface area contributed by atoms with Crippen LogP contribution in [-0.4, -0.2) is 47.8 Å². The van der Waals surface area contributed by atoms with Gasteiger partial charge in [0.25, 0.3) is 0 Å². The Hall–Kier alpha value is 0.600. The smallest absolute Gasteiger partial charge is 0.214 e. The molecule has 1 aliphatic rings. The van der Waals surface area contributed by atoms with Crippen LogP contribution in [0.2, 0.25) is 0 Å². The van der Waals surface area contributed by atoms with Crippen molar-refractivity contribution in [2.45, 2.75) is 13.3 Å². The number of halogens is 1. The second-order valence-electron chi connectivity index (χ2n) is 3.12. The summed E-state index contributed by atoms with van der Waals surface area (Å²) in [5.74, 6) is 0.286. The van der Waals surface area contributed by atoms with Crippen LogP contribution in [0.5, 0.6) is 0 Å². The van der Waals surface area contributed by atoms with Gasteiger partial charge in [0.05, 0.1) is 5.75 Å². The van der Waals surface area contributed by atoms with Crippen molar-refractivity contribution in [2.24, 2.45) is 0 Å². The highest BCUT2D eigenvalue weighted by Crippen LogP contribution is 2.11. The summed E-state index contributed by atoms with van der Waals surface area (Å²) >= 11 is 2.23. The summed E-state index contributed by atoms with van der Waals surface area (Å²) in [7, 11) is -2.95. The van der Waals surface area contributed by atoms with Gasteiger partial charge in [0.2, 0.25) is 10.0 Å². The van der Waals surface area contributed by atoms with Crippen LogP contribution in [0.3, 0.4) is 0 Å². The van der Waals surface area contributed by atoms with E-state index in [2.05, 4.69) is 26.0 Å². The molecule has 0 atom stereocenters. The molecule has 0 aromatic rings. The Morgan fingerprint density at radius 2 is 1.77 bits per heavy atom. The second-order valence-corrected chi connectivity index (χ2v) is 6.58. The highest BCUT2D eigenvalue weighted by molar-refractivity contribution is 14.1. The molecule has 0 aliphatic carbocycles. The lowest BCUT2D eigenvalue weighted by Crippen LogP contribution is -2.45. The Morgan fingerprint density at radius 1 is 1.23 bits per heavy atom. The maximum absolute atomic E-state index is 11.6. The summed E-state index contributed by atoms with van der Waals surface area (Å²) in [6.45, 7) is 4.86. The van der Waals surface area contributed by atoms with Gasteiger partial charge in [-0.05, 0) is 6.42 Å². The van der Waals surface area contributed by atoms with Crippen LogP contribution in [0.25, 0.3) is 0 Å². The highest BCUT2D eigenvalue weighted by Gasteiger charge is 2.24. The zero-order chi connectivity index (χ0) is 9.90. The Bertz CT molecular complexity index is 247. The van der Waals surface area contributed by atoms with Gasteiger partial charge in [-0.15, -0.1) is 0 Å². The third-order valence-electron chi connectivity index (χ3n) is 2.04. The summed E-state index contributed by atoms with van der Waals surface area (Å²) in [6.07, 6.45) is 0.701. The molecule has 6 heteroatoms. The molecule has 0 radical (unpaired) electrons. The molecule has 0 aromatic heterocycles. The molecule has 0 saturated carbocycles. The second kappa shape index (κ2) is 4.90. The van der Waals surface area contributed by atoms with Gasteiger partial charge in [-0.2, -0.15) is 4.31 Å². The monoisotopic (exact) mass is 318 g/mol. The molecule has 78 valence electrons. The molecule has 1 heterocycles. The minimum atomic E-state index is -2.95. The van der Waals surface area contributed by atoms with Crippen molar-refractivity contribution >= 4 is 32.9 Å². The van der Waals surface area contributed by atoms with E-state index in [1.807, 2.05) is 6.92 Å². The molecule has 0 amide bonds. The predicted molar refractivity (Wildman–Crippen MR) is 61.2 cm³/mol. The van der Waals surface area contributed by atoms with Crippen LogP contribution >= 0.6 is 22.9 Å². The molecular formula is C7H15IN2O2S. The predicted octanol–water partition coefficient (Wildman–Crippen LogP) is 0.694. The summed E-state index contributed by atoms with van der Waals surface area (Å²) in [4.78, 5) is 0. The van der Waals surface area contributed by atoms with Crippen LogP contribution in [0.1, 0.15) is 13.3 Å². The lowest BCUT2D eigenvalue weighted by atomic mass is 10.4. The van der Waals surface area contributed by atoms with E-state index in [0.717, 1.165) is 13.1 Å². The molecule has 0 bridgehead atoms. The fourth-order valence-corrected chi connectivity index (χ4v) is 3.25. The van der Waals surface area contributed by atoms with Gasteiger partial charge in [0.15, 0.2) is 0 Å². The largest absolute Gasteiger partial charge is 0.245 e.